The smallest absolute Gasteiger partial charge is 0.328 e. The maximum absolute atomic E-state index is 11.8. The van der Waals surface area contributed by atoms with Crippen LogP contribution in [0.3, 0.4) is 0 Å². The molecule has 0 aliphatic carbocycles. The fourth-order valence-corrected chi connectivity index (χ4v) is 1.71. The number of hydrogen-bond donors (Lipinski definition) is 1. The Morgan fingerprint density at radius 3 is 2.14 bits per heavy atom. The van der Waals surface area contributed by atoms with Crippen LogP contribution in [0.5, 0.6) is 0 Å². The monoisotopic (exact) mass is 285 g/mol. The van der Waals surface area contributed by atoms with Gasteiger partial charge < -0.3 is 4.74 Å². The van der Waals surface area contributed by atoms with Gasteiger partial charge in [0.25, 0.3) is 5.91 Å². The minimum absolute atomic E-state index is 0.104. The fourth-order valence-electron chi connectivity index (χ4n) is 1.71. The molecule has 0 aromatic heterocycles. The molecular formula is C16H15NO4. The number of ether oxygens (including phenoxy) is 1. The summed E-state index contributed by atoms with van der Waals surface area (Å²) in [5.74, 6) is -1.32. The second-order valence-corrected chi connectivity index (χ2v) is 4.38. The highest BCUT2D eigenvalue weighted by atomic mass is 16.6. The van der Waals surface area contributed by atoms with Crippen LogP contribution >= 0.6 is 0 Å². The molecule has 0 aliphatic rings. The highest BCUT2D eigenvalue weighted by Crippen LogP contribution is 2.04. The average Bonchev–Trinajstić information content (AvgIpc) is 2.54. The normalized spacial score (nSPS) is 9.95. The molecular weight excluding hydrogens is 270 g/mol. The number of rotatable bonds is 5. The molecule has 0 aliphatic heterocycles. The molecule has 0 unspecified atom stereocenters. The third-order valence-corrected chi connectivity index (χ3v) is 2.78. The highest BCUT2D eigenvalue weighted by Gasteiger charge is 2.17. The van der Waals surface area contributed by atoms with Crippen molar-refractivity contribution in [3.05, 3.63) is 71.8 Å². The van der Waals surface area contributed by atoms with E-state index in [0.717, 1.165) is 5.56 Å². The van der Waals surface area contributed by atoms with E-state index >= 15 is 0 Å². The first-order chi connectivity index (χ1) is 10.2. The van der Waals surface area contributed by atoms with Crippen molar-refractivity contribution >= 4 is 11.9 Å². The third-order valence-electron chi connectivity index (χ3n) is 2.78. The van der Waals surface area contributed by atoms with E-state index in [1.807, 2.05) is 30.3 Å². The Morgan fingerprint density at radius 2 is 1.52 bits per heavy atom. The molecule has 1 N–H and O–H groups in total. The Labute approximate surface area is 122 Å². The zero-order chi connectivity index (χ0) is 15.1. The first-order valence-electron chi connectivity index (χ1n) is 6.42. The van der Waals surface area contributed by atoms with Gasteiger partial charge in [-0.05, 0) is 17.7 Å². The second-order valence-electron chi connectivity index (χ2n) is 4.38. The molecule has 108 valence electrons. The topological polar surface area (TPSA) is 66.8 Å². The minimum atomic E-state index is -0.675. The Morgan fingerprint density at radius 1 is 0.952 bits per heavy atom. The van der Waals surface area contributed by atoms with E-state index in [2.05, 4.69) is 0 Å². The molecule has 21 heavy (non-hydrogen) atoms. The van der Waals surface area contributed by atoms with Gasteiger partial charge in [0.15, 0.2) is 0 Å². The molecule has 0 saturated carbocycles. The molecule has 0 bridgehead atoms. The van der Waals surface area contributed by atoms with Gasteiger partial charge in [0.05, 0.1) is 0 Å². The van der Waals surface area contributed by atoms with Crippen LogP contribution in [0.15, 0.2) is 60.7 Å². The van der Waals surface area contributed by atoms with Gasteiger partial charge in [0.2, 0.25) is 0 Å². The lowest BCUT2D eigenvalue weighted by atomic mass is 10.2. The van der Waals surface area contributed by atoms with Crippen LogP contribution in [0, 0.1) is 0 Å². The summed E-state index contributed by atoms with van der Waals surface area (Å²) in [7, 11) is 0. The Kier molecular flexibility index (Phi) is 5.06. The number of benzene rings is 2. The number of carbonyl (C=O) groups is 2. The van der Waals surface area contributed by atoms with Crippen LogP contribution < -0.4 is 0 Å². The molecule has 0 saturated heterocycles. The lowest BCUT2D eigenvalue weighted by molar-refractivity contribution is -0.154. The third kappa shape index (κ3) is 4.43. The van der Waals surface area contributed by atoms with Crippen molar-refractivity contribution in [1.82, 2.24) is 5.06 Å². The number of amides is 1. The molecule has 2 rings (SSSR count). The maximum atomic E-state index is 11.8. The average molecular weight is 285 g/mol. The molecule has 0 spiro atoms. The van der Waals surface area contributed by atoms with E-state index < -0.39 is 18.4 Å². The minimum Gasteiger partial charge on any atom is -0.459 e. The Hall–Kier alpha value is -2.66. The summed E-state index contributed by atoms with van der Waals surface area (Å²) in [4.78, 5) is 23.4. The van der Waals surface area contributed by atoms with Crippen LogP contribution in [0.2, 0.25) is 0 Å². The van der Waals surface area contributed by atoms with Crippen molar-refractivity contribution in [2.75, 3.05) is 6.54 Å². The lowest BCUT2D eigenvalue weighted by Gasteiger charge is -2.14. The van der Waals surface area contributed by atoms with Crippen molar-refractivity contribution in [3.63, 3.8) is 0 Å². The molecule has 0 radical (unpaired) electrons. The number of carbonyl (C=O) groups excluding carboxylic acids is 2. The van der Waals surface area contributed by atoms with Gasteiger partial charge in [-0.3, -0.25) is 14.8 Å². The van der Waals surface area contributed by atoms with Gasteiger partial charge in [-0.25, -0.2) is 5.06 Å². The zero-order valence-electron chi connectivity index (χ0n) is 11.3. The summed E-state index contributed by atoms with van der Waals surface area (Å²) in [6, 6.07) is 17.4. The van der Waals surface area contributed by atoms with Gasteiger partial charge >= 0.3 is 5.97 Å². The van der Waals surface area contributed by atoms with Crippen molar-refractivity contribution in [1.29, 1.82) is 0 Å². The lowest BCUT2D eigenvalue weighted by Crippen LogP contribution is -2.33. The largest absolute Gasteiger partial charge is 0.459 e. The molecule has 2 aromatic rings. The van der Waals surface area contributed by atoms with E-state index in [9.17, 15) is 14.8 Å². The van der Waals surface area contributed by atoms with Crippen LogP contribution in [0.25, 0.3) is 0 Å². The van der Waals surface area contributed by atoms with Crippen LogP contribution in [-0.2, 0) is 16.1 Å². The van der Waals surface area contributed by atoms with Crippen LogP contribution in [0.1, 0.15) is 15.9 Å². The van der Waals surface area contributed by atoms with Crippen molar-refractivity contribution < 1.29 is 19.5 Å². The number of nitrogens with zero attached hydrogens (tertiary/aromatic N) is 1. The summed E-state index contributed by atoms with van der Waals surface area (Å²) in [5.41, 5.74) is 1.14. The van der Waals surface area contributed by atoms with Gasteiger partial charge in [0, 0.05) is 5.56 Å². The predicted octanol–water partition coefficient (Wildman–Crippen LogP) is 2.26. The summed E-state index contributed by atoms with van der Waals surface area (Å²) in [6.07, 6.45) is 0. The summed E-state index contributed by atoms with van der Waals surface area (Å²) >= 11 is 0. The fraction of sp³-hybridized carbons (Fsp3) is 0.125. The van der Waals surface area contributed by atoms with Crippen LogP contribution in [0.4, 0.5) is 0 Å². The standard InChI is InChI=1S/C16H15NO4/c18-15(21-12-13-7-3-1-4-8-13)11-17(20)16(19)14-9-5-2-6-10-14/h1-10,20H,11-12H2. The number of hydroxylamine groups is 2. The molecule has 5 nitrogen and oxygen atoms in total. The van der Waals surface area contributed by atoms with Crippen molar-refractivity contribution in [2.24, 2.45) is 0 Å². The van der Waals surface area contributed by atoms with E-state index in [-0.39, 0.29) is 6.61 Å². The van der Waals surface area contributed by atoms with E-state index in [1.54, 1.807) is 30.3 Å². The zero-order valence-corrected chi connectivity index (χ0v) is 11.3. The molecule has 2 aromatic carbocycles. The predicted molar refractivity (Wildman–Crippen MR) is 75.5 cm³/mol. The van der Waals surface area contributed by atoms with Crippen LogP contribution in [-0.4, -0.2) is 28.7 Å². The Bertz CT molecular complexity index is 598. The van der Waals surface area contributed by atoms with Gasteiger partial charge in [0.1, 0.15) is 13.2 Å². The SMILES string of the molecule is O=C(CN(O)C(=O)c1ccccc1)OCc1ccccc1. The molecule has 1 amide bonds. The van der Waals surface area contributed by atoms with E-state index in [0.29, 0.717) is 10.6 Å². The quantitative estimate of drug-likeness (QED) is 0.520. The van der Waals surface area contributed by atoms with Crippen molar-refractivity contribution in [3.8, 4) is 0 Å². The maximum Gasteiger partial charge on any atom is 0.328 e. The molecule has 0 heterocycles. The first kappa shape index (κ1) is 14.7. The first-order valence-corrected chi connectivity index (χ1v) is 6.42. The van der Waals surface area contributed by atoms with Gasteiger partial charge in [-0.15, -0.1) is 0 Å². The summed E-state index contributed by atoms with van der Waals surface area (Å²) in [5, 5.41) is 9.97. The molecule has 5 heteroatoms. The van der Waals surface area contributed by atoms with Gasteiger partial charge in [-0.1, -0.05) is 48.5 Å². The number of hydrogen-bond acceptors (Lipinski definition) is 4. The number of esters is 1. The van der Waals surface area contributed by atoms with E-state index in [1.165, 1.54) is 0 Å². The molecule has 0 atom stereocenters. The Balaban J connectivity index is 1.83. The molecule has 0 fully saturated rings. The summed E-state index contributed by atoms with van der Waals surface area (Å²) in [6.45, 7) is -0.409. The highest BCUT2D eigenvalue weighted by molar-refractivity contribution is 5.95. The van der Waals surface area contributed by atoms with Gasteiger partial charge in [-0.2, -0.15) is 0 Å². The second kappa shape index (κ2) is 7.21. The summed E-state index contributed by atoms with van der Waals surface area (Å²) < 4.78 is 4.99. The van der Waals surface area contributed by atoms with E-state index in [4.69, 9.17) is 4.74 Å². The van der Waals surface area contributed by atoms with Crippen molar-refractivity contribution in [2.45, 2.75) is 6.61 Å².